The molecule has 0 aliphatic carbocycles. The first-order chi connectivity index (χ1) is 24.7. The van der Waals surface area contributed by atoms with Crippen molar-refractivity contribution in [2.45, 2.75) is 33.5 Å². The lowest BCUT2D eigenvalue weighted by Crippen LogP contribution is -2.28. The molecule has 7 aromatic rings. The minimum absolute atomic E-state index is 0.139. The normalized spacial score (nSPS) is 10.8. The van der Waals surface area contributed by atoms with Gasteiger partial charge in [-0.05, 0) is 31.5 Å². The molecular formula is C37H34N8O6. The number of aromatic hydroxyl groups is 2. The molecule has 0 spiro atoms. The number of aryl methyl sites for hydroxylation is 2. The predicted octanol–water partition coefficient (Wildman–Crippen LogP) is 4.70. The third-order valence-electron chi connectivity index (χ3n) is 8.03. The summed E-state index contributed by atoms with van der Waals surface area (Å²) in [5.41, 5.74) is 4.40. The highest BCUT2D eigenvalue weighted by Crippen LogP contribution is 2.26. The van der Waals surface area contributed by atoms with Crippen molar-refractivity contribution in [3.8, 4) is 11.5 Å². The zero-order valence-corrected chi connectivity index (χ0v) is 27.7. The van der Waals surface area contributed by atoms with Crippen LogP contribution in [0.1, 0.15) is 28.1 Å². The smallest absolute Gasteiger partial charge is 0.287 e. The number of rotatable bonds is 9. The summed E-state index contributed by atoms with van der Waals surface area (Å²) in [5.74, 6) is 0.361. The summed E-state index contributed by atoms with van der Waals surface area (Å²) >= 11 is 0. The maximum absolute atomic E-state index is 12.8. The second-order valence-electron chi connectivity index (χ2n) is 11.4. The number of benzene rings is 3. The van der Waals surface area contributed by atoms with Gasteiger partial charge in [-0.3, -0.25) is 9.59 Å². The van der Waals surface area contributed by atoms with E-state index >= 15 is 0 Å². The van der Waals surface area contributed by atoms with Crippen molar-refractivity contribution in [3.63, 3.8) is 0 Å². The number of phenolic OH excluding ortho intramolecular Hbond substituents is 2. The Labute approximate surface area is 290 Å². The monoisotopic (exact) mass is 686 g/mol. The summed E-state index contributed by atoms with van der Waals surface area (Å²) in [4.78, 5) is 46.9. The van der Waals surface area contributed by atoms with Crippen molar-refractivity contribution < 1.29 is 20.3 Å². The highest BCUT2D eigenvalue weighted by atomic mass is 16.7. The number of para-hydroxylation sites is 2. The summed E-state index contributed by atoms with van der Waals surface area (Å²) in [6.07, 6.45) is 2.70. The van der Waals surface area contributed by atoms with Gasteiger partial charge < -0.3 is 30.9 Å². The van der Waals surface area contributed by atoms with Crippen molar-refractivity contribution >= 4 is 33.4 Å². The van der Waals surface area contributed by atoms with Gasteiger partial charge >= 0.3 is 0 Å². The summed E-state index contributed by atoms with van der Waals surface area (Å²) < 4.78 is 1.69. The SMILES string of the molecule is Cc1ncnc2c1c(NCc1ccccc1O)cc(=O)n2O.Cc1ncnc2c1c(NCc1ccccc1O)cc(=O)n2OCc1ccccc1. The maximum atomic E-state index is 12.8. The minimum Gasteiger partial charge on any atom is -0.508 e. The molecule has 7 rings (SSSR count). The maximum Gasteiger partial charge on any atom is 0.287 e. The Hall–Kier alpha value is -6.96. The van der Waals surface area contributed by atoms with Gasteiger partial charge in [-0.25, -0.2) is 19.9 Å². The number of hydrogen-bond acceptors (Lipinski definition) is 12. The van der Waals surface area contributed by atoms with Crippen LogP contribution in [0.4, 0.5) is 11.4 Å². The van der Waals surface area contributed by atoms with Crippen molar-refractivity contribution in [1.29, 1.82) is 0 Å². The van der Waals surface area contributed by atoms with Crippen molar-refractivity contribution in [1.82, 2.24) is 29.4 Å². The predicted molar refractivity (Wildman–Crippen MR) is 192 cm³/mol. The van der Waals surface area contributed by atoms with Gasteiger partial charge in [0, 0.05) is 36.3 Å². The third-order valence-corrected chi connectivity index (χ3v) is 8.03. The molecule has 0 aliphatic heterocycles. The zero-order valence-electron chi connectivity index (χ0n) is 27.7. The molecule has 14 nitrogen and oxygen atoms in total. The second kappa shape index (κ2) is 15.1. The highest BCUT2D eigenvalue weighted by molar-refractivity contribution is 5.91. The van der Waals surface area contributed by atoms with Crippen LogP contribution in [0, 0.1) is 13.8 Å². The summed E-state index contributed by atoms with van der Waals surface area (Å²) in [6.45, 7) is 4.53. The number of nitrogens with zero attached hydrogens (tertiary/aromatic N) is 6. The van der Waals surface area contributed by atoms with Gasteiger partial charge in [0.1, 0.15) is 30.8 Å². The van der Waals surface area contributed by atoms with Gasteiger partial charge in [-0.2, -0.15) is 0 Å². The summed E-state index contributed by atoms with van der Waals surface area (Å²) in [6, 6.07) is 26.3. The van der Waals surface area contributed by atoms with Gasteiger partial charge in [-0.1, -0.05) is 66.7 Å². The second-order valence-corrected chi connectivity index (χ2v) is 11.4. The van der Waals surface area contributed by atoms with E-state index in [-0.39, 0.29) is 29.3 Å². The molecule has 0 aliphatic rings. The van der Waals surface area contributed by atoms with E-state index in [1.54, 1.807) is 37.3 Å². The van der Waals surface area contributed by atoms with E-state index in [0.29, 0.717) is 62.6 Å². The van der Waals surface area contributed by atoms with E-state index in [4.69, 9.17) is 4.84 Å². The fourth-order valence-electron chi connectivity index (χ4n) is 5.41. The number of hydrogen-bond donors (Lipinski definition) is 5. The van der Waals surface area contributed by atoms with E-state index in [2.05, 4.69) is 30.6 Å². The number of nitrogens with one attached hydrogen (secondary N) is 2. The lowest BCUT2D eigenvalue weighted by atomic mass is 10.1. The largest absolute Gasteiger partial charge is 0.508 e. The molecule has 0 unspecified atom stereocenters. The van der Waals surface area contributed by atoms with E-state index in [0.717, 1.165) is 11.1 Å². The molecule has 0 atom stereocenters. The van der Waals surface area contributed by atoms with Gasteiger partial charge in [-0.15, -0.1) is 9.46 Å². The van der Waals surface area contributed by atoms with Crippen LogP contribution in [0.3, 0.4) is 0 Å². The molecule has 0 saturated heterocycles. The van der Waals surface area contributed by atoms with Crippen LogP contribution in [-0.2, 0) is 19.7 Å². The molecule has 5 N–H and O–H groups in total. The van der Waals surface area contributed by atoms with Crippen LogP contribution in [0.5, 0.6) is 11.5 Å². The Morgan fingerprint density at radius 3 is 1.71 bits per heavy atom. The van der Waals surface area contributed by atoms with Crippen LogP contribution in [0.15, 0.2) is 113 Å². The molecule has 258 valence electrons. The van der Waals surface area contributed by atoms with Gasteiger partial charge in [0.2, 0.25) is 0 Å². The first kappa shape index (κ1) is 33.9. The molecule has 4 aromatic heterocycles. The third kappa shape index (κ3) is 7.54. The summed E-state index contributed by atoms with van der Waals surface area (Å²) in [5, 5.41) is 37.1. The molecule has 0 bridgehead atoms. The Morgan fingerprint density at radius 2 is 1.14 bits per heavy atom. The average Bonchev–Trinajstić information content (AvgIpc) is 3.13. The summed E-state index contributed by atoms with van der Waals surface area (Å²) in [7, 11) is 0. The molecule has 0 saturated carbocycles. The first-order valence-electron chi connectivity index (χ1n) is 15.8. The van der Waals surface area contributed by atoms with E-state index in [1.165, 1.54) is 29.5 Å². The lowest BCUT2D eigenvalue weighted by molar-refractivity contribution is 0.0979. The Bertz CT molecular complexity index is 2450. The van der Waals surface area contributed by atoms with Gasteiger partial charge in [0.25, 0.3) is 11.1 Å². The molecule has 51 heavy (non-hydrogen) atoms. The van der Waals surface area contributed by atoms with Gasteiger partial charge in [0.05, 0.1) is 33.5 Å². The Morgan fingerprint density at radius 1 is 0.647 bits per heavy atom. The molecule has 0 fully saturated rings. The van der Waals surface area contributed by atoms with Crippen molar-refractivity contribution in [3.05, 3.63) is 152 Å². The highest BCUT2D eigenvalue weighted by Gasteiger charge is 2.15. The number of aromatic nitrogens is 6. The van der Waals surface area contributed by atoms with E-state index in [1.807, 2.05) is 55.5 Å². The Balaban J connectivity index is 0.000000183. The van der Waals surface area contributed by atoms with Crippen LogP contribution < -0.4 is 26.6 Å². The zero-order chi connectivity index (χ0) is 35.9. The molecule has 4 heterocycles. The quantitative estimate of drug-likeness (QED) is 0.132. The first-order valence-corrected chi connectivity index (χ1v) is 15.8. The molecule has 14 heteroatoms. The number of anilines is 2. The molecule has 0 amide bonds. The van der Waals surface area contributed by atoms with Crippen molar-refractivity contribution in [2.24, 2.45) is 0 Å². The van der Waals surface area contributed by atoms with Gasteiger partial charge in [0.15, 0.2) is 11.3 Å². The van der Waals surface area contributed by atoms with Crippen LogP contribution in [0.25, 0.3) is 22.1 Å². The fourth-order valence-corrected chi connectivity index (χ4v) is 5.41. The molecular weight excluding hydrogens is 652 g/mol. The Kier molecular flexibility index (Phi) is 10.0. The van der Waals surface area contributed by atoms with Crippen LogP contribution >= 0.6 is 0 Å². The average molecular weight is 687 g/mol. The van der Waals surface area contributed by atoms with Crippen LogP contribution in [0.2, 0.25) is 0 Å². The van der Waals surface area contributed by atoms with Crippen LogP contribution in [-0.4, -0.2) is 44.8 Å². The number of pyridine rings is 2. The standard InChI is InChI=1S/C22H20N4O3.C15H14N4O3/c1-15-21-18(23-12-17-9-5-6-10-19(17)27)11-20(28)26(22(21)25-14-24-15)29-13-16-7-3-2-4-8-16;1-9-14-11(16-7-10-4-2-3-5-12(10)20)6-13(21)19(22)15(14)18-8-17-9/h2-11,14,23,27H,12-13H2,1H3;2-6,8,16,20,22H,7H2,1H3. The van der Waals surface area contributed by atoms with E-state index < -0.39 is 5.56 Å². The van der Waals surface area contributed by atoms with Crippen molar-refractivity contribution in [2.75, 3.05) is 10.6 Å². The van der Waals surface area contributed by atoms with E-state index in [9.17, 15) is 25.0 Å². The number of fused-ring (bicyclic) bond motifs is 2. The molecule has 0 radical (unpaired) electrons. The molecule has 3 aromatic carbocycles. The topological polar surface area (TPSA) is 190 Å². The number of phenols is 2. The lowest BCUT2D eigenvalue weighted by Gasteiger charge is -2.15. The minimum atomic E-state index is -0.592. The fraction of sp³-hybridized carbons (Fsp3) is 0.135.